The Labute approximate surface area is 89.4 Å². The van der Waals surface area contributed by atoms with Crippen LogP contribution in [0.4, 0.5) is 0 Å². The zero-order valence-electron chi connectivity index (χ0n) is 9.03. The van der Waals surface area contributed by atoms with Gasteiger partial charge in [-0.1, -0.05) is 6.42 Å². The molecule has 0 aromatic rings. The fourth-order valence-corrected chi connectivity index (χ4v) is 1.83. The first-order chi connectivity index (χ1) is 7.09. The lowest BCUT2D eigenvalue weighted by Crippen LogP contribution is -2.48. The van der Waals surface area contributed by atoms with Gasteiger partial charge in [0.2, 0.25) is 5.91 Å². The summed E-state index contributed by atoms with van der Waals surface area (Å²) in [6.07, 6.45) is 3.45. The third-order valence-electron chi connectivity index (χ3n) is 2.57. The Hall–Kier alpha value is -1.10. The van der Waals surface area contributed by atoms with Crippen LogP contribution in [0.15, 0.2) is 0 Å². The van der Waals surface area contributed by atoms with Gasteiger partial charge in [0.25, 0.3) is 0 Å². The van der Waals surface area contributed by atoms with E-state index in [1.54, 1.807) is 0 Å². The summed E-state index contributed by atoms with van der Waals surface area (Å²) in [6.45, 7) is 3.62. The third-order valence-corrected chi connectivity index (χ3v) is 2.57. The number of carboxylic acids is 1. The quantitative estimate of drug-likeness (QED) is 0.694. The summed E-state index contributed by atoms with van der Waals surface area (Å²) in [7, 11) is 0. The van der Waals surface area contributed by atoms with Crippen LogP contribution in [0.2, 0.25) is 0 Å². The minimum Gasteiger partial charge on any atom is -0.480 e. The molecule has 0 aromatic carbocycles. The van der Waals surface area contributed by atoms with Gasteiger partial charge >= 0.3 is 5.97 Å². The number of likely N-dealkylation sites (tertiary alicyclic amines) is 1. The van der Waals surface area contributed by atoms with Crippen molar-refractivity contribution in [2.75, 3.05) is 19.6 Å². The molecule has 2 N–H and O–H groups in total. The Balaban J connectivity index is 2.42. The number of carbonyl (C=O) groups is 2. The number of nitrogens with zero attached hydrogens (tertiary/aromatic N) is 1. The zero-order chi connectivity index (χ0) is 11.3. The van der Waals surface area contributed by atoms with Crippen molar-refractivity contribution in [3.8, 4) is 0 Å². The molecule has 1 aliphatic rings. The molecular formula is C10H18N2O3. The molecule has 15 heavy (non-hydrogen) atoms. The van der Waals surface area contributed by atoms with Crippen LogP contribution in [0.5, 0.6) is 0 Å². The Bertz CT molecular complexity index is 237. The van der Waals surface area contributed by atoms with Crippen LogP contribution in [0, 0.1) is 0 Å². The van der Waals surface area contributed by atoms with Crippen molar-refractivity contribution < 1.29 is 14.7 Å². The van der Waals surface area contributed by atoms with Gasteiger partial charge in [0, 0.05) is 13.5 Å². The minimum atomic E-state index is -0.962. The van der Waals surface area contributed by atoms with Crippen LogP contribution in [0.1, 0.15) is 26.2 Å². The van der Waals surface area contributed by atoms with E-state index < -0.39 is 12.0 Å². The first kappa shape index (κ1) is 12.0. The molecular weight excluding hydrogens is 196 g/mol. The molecule has 1 rings (SSSR count). The summed E-state index contributed by atoms with van der Waals surface area (Å²) in [5, 5.41) is 11.4. The molecule has 5 heteroatoms. The summed E-state index contributed by atoms with van der Waals surface area (Å²) in [5.74, 6) is -1.25. The second kappa shape index (κ2) is 5.70. The average Bonchev–Trinajstić information content (AvgIpc) is 2.17. The number of amides is 1. The van der Waals surface area contributed by atoms with Gasteiger partial charge in [-0.05, 0) is 25.9 Å². The number of carbonyl (C=O) groups excluding carboxylic acids is 1. The minimum absolute atomic E-state index is 0.292. The predicted octanol–water partition coefficient (Wildman–Crippen LogP) is 0.0616. The molecule has 1 amide bonds. The molecule has 0 bridgehead atoms. The van der Waals surface area contributed by atoms with Gasteiger partial charge in [-0.15, -0.1) is 0 Å². The van der Waals surface area contributed by atoms with E-state index in [9.17, 15) is 9.59 Å². The molecule has 1 aliphatic heterocycles. The molecule has 86 valence electrons. The number of hydrogen-bond acceptors (Lipinski definition) is 3. The van der Waals surface area contributed by atoms with Crippen LogP contribution in [0.3, 0.4) is 0 Å². The number of hydrogen-bond donors (Lipinski definition) is 2. The summed E-state index contributed by atoms with van der Waals surface area (Å²) in [6, 6.07) is -0.777. The molecule has 0 aromatic heterocycles. The molecule has 0 aliphatic carbocycles. The van der Waals surface area contributed by atoms with Crippen LogP contribution in [-0.2, 0) is 9.59 Å². The monoisotopic (exact) mass is 214 g/mol. The molecule has 0 saturated carbocycles. The SMILES string of the molecule is CC(=O)NC(CN1CCCCC1)C(=O)O. The van der Waals surface area contributed by atoms with Gasteiger partial charge in [-0.25, -0.2) is 4.79 Å². The van der Waals surface area contributed by atoms with Crippen LogP contribution < -0.4 is 5.32 Å². The first-order valence-corrected chi connectivity index (χ1v) is 5.32. The summed E-state index contributed by atoms with van der Waals surface area (Å²) in [4.78, 5) is 23.8. The predicted molar refractivity (Wildman–Crippen MR) is 55.5 cm³/mol. The molecule has 1 unspecified atom stereocenters. The van der Waals surface area contributed by atoms with Crippen molar-refractivity contribution >= 4 is 11.9 Å². The molecule has 1 heterocycles. The van der Waals surface area contributed by atoms with E-state index in [1.807, 2.05) is 0 Å². The highest BCUT2D eigenvalue weighted by Crippen LogP contribution is 2.08. The van der Waals surface area contributed by atoms with Crippen molar-refractivity contribution in [2.45, 2.75) is 32.2 Å². The largest absolute Gasteiger partial charge is 0.480 e. The fraction of sp³-hybridized carbons (Fsp3) is 0.800. The number of aliphatic carboxylic acids is 1. The number of nitrogens with one attached hydrogen (secondary N) is 1. The molecule has 5 nitrogen and oxygen atoms in total. The van der Waals surface area contributed by atoms with Crippen LogP contribution in [0.25, 0.3) is 0 Å². The van der Waals surface area contributed by atoms with Gasteiger partial charge in [-0.2, -0.15) is 0 Å². The molecule has 1 fully saturated rings. The second-order valence-corrected chi connectivity index (χ2v) is 3.95. The van der Waals surface area contributed by atoms with E-state index in [-0.39, 0.29) is 5.91 Å². The highest BCUT2D eigenvalue weighted by Gasteiger charge is 2.22. The maximum Gasteiger partial charge on any atom is 0.327 e. The smallest absolute Gasteiger partial charge is 0.327 e. The van der Waals surface area contributed by atoms with Crippen molar-refractivity contribution in [3.05, 3.63) is 0 Å². The summed E-state index contributed by atoms with van der Waals surface area (Å²) >= 11 is 0. The first-order valence-electron chi connectivity index (χ1n) is 5.32. The number of rotatable bonds is 4. The van der Waals surface area contributed by atoms with Gasteiger partial charge < -0.3 is 15.3 Å². The van der Waals surface area contributed by atoms with E-state index in [1.165, 1.54) is 13.3 Å². The lowest BCUT2D eigenvalue weighted by molar-refractivity contribution is -0.142. The van der Waals surface area contributed by atoms with Crippen LogP contribution >= 0.6 is 0 Å². The van der Waals surface area contributed by atoms with E-state index in [0.29, 0.717) is 6.54 Å². The van der Waals surface area contributed by atoms with Crippen molar-refractivity contribution in [3.63, 3.8) is 0 Å². The molecule has 1 atom stereocenters. The van der Waals surface area contributed by atoms with Gasteiger partial charge in [-0.3, -0.25) is 4.79 Å². The van der Waals surface area contributed by atoms with E-state index >= 15 is 0 Å². The Kier molecular flexibility index (Phi) is 4.55. The highest BCUT2D eigenvalue weighted by molar-refractivity contribution is 5.82. The standard InChI is InChI=1S/C10H18N2O3/c1-8(13)11-9(10(14)15)7-12-5-3-2-4-6-12/h9H,2-7H2,1H3,(H,11,13)(H,14,15). The third kappa shape index (κ3) is 4.29. The Morgan fingerprint density at radius 1 is 1.33 bits per heavy atom. The number of piperidine rings is 1. The second-order valence-electron chi connectivity index (χ2n) is 3.95. The van der Waals surface area contributed by atoms with Gasteiger partial charge in [0.15, 0.2) is 0 Å². The summed E-state index contributed by atoms with van der Waals surface area (Å²) < 4.78 is 0. The molecule has 0 spiro atoms. The molecule has 1 saturated heterocycles. The van der Waals surface area contributed by atoms with Crippen LogP contribution in [-0.4, -0.2) is 47.6 Å². The van der Waals surface area contributed by atoms with E-state index in [0.717, 1.165) is 25.9 Å². The molecule has 0 radical (unpaired) electrons. The number of carboxylic acid groups (broad SMARTS) is 1. The average molecular weight is 214 g/mol. The van der Waals surface area contributed by atoms with Gasteiger partial charge in [0.1, 0.15) is 6.04 Å². The summed E-state index contributed by atoms with van der Waals surface area (Å²) in [5.41, 5.74) is 0. The fourth-order valence-electron chi connectivity index (χ4n) is 1.83. The normalized spacial score (nSPS) is 19.5. The van der Waals surface area contributed by atoms with E-state index in [2.05, 4.69) is 10.2 Å². The Morgan fingerprint density at radius 2 is 1.93 bits per heavy atom. The van der Waals surface area contributed by atoms with E-state index in [4.69, 9.17) is 5.11 Å². The Morgan fingerprint density at radius 3 is 2.40 bits per heavy atom. The maximum absolute atomic E-state index is 10.9. The zero-order valence-corrected chi connectivity index (χ0v) is 9.03. The maximum atomic E-state index is 10.9. The topological polar surface area (TPSA) is 69.6 Å². The lowest BCUT2D eigenvalue weighted by atomic mass is 10.1. The van der Waals surface area contributed by atoms with Crippen molar-refractivity contribution in [1.82, 2.24) is 10.2 Å². The highest BCUT2D eigenvalue weighted by atomic mass is 16.4. The van der Waals surface area contributed by atoms with Gasteiger partial charge in [0.05, 0.1) is 0 Å². The lowest BCUT2D eigenvalue weighted by Gasteiger charge is -2.28. The van der Waals surface area contributed by atoms with Crippen molar-refractivity contribution in [2.24, 2.45) is 0 Å². The van der Waals surface area contributed by atoms with Crippen molar-refractivity contribution in [1.29, 1.82) is 0 Å².